The van der Waals surface area contributed by atoms with E-state index in [0.29, 0.717) is 0 Å². The van der Waals surface area contributed by atoms with Gasteiger partial charge < -0.3 is 9.64 Å². The summed E-state index contributed by atoms with van der Waals surface area (Å²) in [7, 11) is 1.74. The van der Waals surface area contributed by atoms with E-state index in [4.69, 9.17) is 4.74 Å². The van der Waals surface area contributed by atoms with Gasteiger partial charge in [-0.3, -0.25) is 4.99 Å². The smallest absolute Gasteiger partial charge is 0.168 e. The molecule has 1 aromatic heterocycles. The second-order valence-corrected chi connectivity index (χ2v) is 7.00. The summed E-state index contributed by atoms with van der Waals surface area (Å²) in [6.07, 6.45) is 1.05. The van der Waals surface area contributed by atoms with Crippen molar-refractivity contribution in [3.8, 4) is 5.75 Å². The quantitative estimate of drug-likeness (QED) is 0.838. The molecule has 0 saturated carbocycles. The lowest BCUT2D eigenvalue weighted by Crippen LogP contribution is -2.20. The monoisotopic (exact) mass is 316 g/mol. The molecule has 2 aliphatic heterocycles. The van der Waals surface area contributed by atoms with Gasteiger partial charge in [-0.2, -0.15) is 0 Å². The highest BCUT2D eigenvalue weighted by molar-refractivity contribution is 8.17. The van der Waals surface area contributed by atoms with Gasteiger partial charge in [0.1, 0.15) is 5.75 Å². The van der Waals surface area contributed by atoms with Crippen LogP contribution in [0.5, 0.6) is 5.75 Å². The van der Waals surface area contributed by atoms with Gasteiger partial charge in [0.25, 0.3) is 0 Å². The molecule has 0 radical (unpaired) electrons. The SMILES string of the molecule is CCC1=C(c2ccc(OC)c3sccc23)N2CCN=C2S1. The number of hydrogen-bond donors (Lipinski definition) is 0. The molecule has 0 fully saturated rings. The number of thiophene rings is 1. The van der Waals surface area contributed by atoms with Crippen molar-refractivity contribution in [1.29, 1.82) is 0 Å². The first-order valence-electron chi connectivity index (χ1n) is 7.11. The number of methoxy groups -OCH3 is 1. The highest BCUT2D eigenvalue weighted by atomic mass is 32.2. The van der Waals surface area contributed by atoms with E-state index >= 15 is 0 Å². The lowest BCUT2D eigenvalue weighted by atomic mass is 10.0. The summed E-state index contributed by atoms with van der Waals surface area (Å²) in [5.41, 5.74) is 2.66. The third-order valence-electron chi connectivity index (χ3n) is 3.93. The van der Waals surface area contributed by atoms with Crippen LogP contribution in [-0.2, 0) is 0 Å². The maximum absolute atomic E-state index is 5.50. The Balaban J connectivity index is 1.93. The molecule has 0 unspecified atom stereocenters. The highest BCUT2D eigenvalue weighted by Gasteiger charge is 2.33. The summed E-state index contributed by atoms with van der Waals surface area (Å²) < 4.78 is 6.72. The van der Waals surface area contributed by atoms with E-state index in [2.05, 4.69) is 40.4 Å². The van der Waals surface area contributed by atoms with E-state index in [9.17, 15) is 0 Å². The second kappa shape index (κ2) is 5.07. The molecule has 0 atom stereocenters. The van der Waals surface area contributed by atoms with Crippen molar-refractivity contribution in [2.45, 2.75) is 13.3 Å². The molecule has 1 aromatic carbocycles. The molecule has 5 heteroatoms. The summed E-state index contributed by atoms with van der Waals surface area (Å²) in [4.78, 5) is 8.41. The van der Waals surface area contributed by atoms with E-state index < -0.39 is 0 Å². The van der Waals surface area contributed by atoms with E-state index in [1.165, 1.54) is 31.4 Å². The van der Waals surface area contributed by atoms with Gasteiger partial charge in [-0.05, 0) is 30.0 Å². The molecule has 0 N–H and O–H groups in total. The third kappa shape index (κ3) is 1.91. The molecule has 3 heterocycles. The molecule has 0 aliphatic carbocycles. The van der Waals surface area contributed by atoms with Gasteiger partial charge in [-0.1, -0.05) is 18.7 Å². The van der Waals surface area contributed by atoms with Crippen LogP contribution in [0.4, 0.5) is 0 Å². The Hall–Kier alpha value is -1.46. The fourth-order valence-electron chi connectivity index (χ4n) is 2.97. The molecular weight excluding hydrogens is 300 g/mol. The Morgan fingerprint density at radius 3 is 3.05 bits per heavy atom. The van der Waals surface area contributed by atoms with E-state index in [1.807, 2.05) is 11.8 Å². The van der Waals surface area contributed by atoms with Crippen LogP contribution < -0.4 is 4.74 Å². The van der Waals surface area contributed by atoms with Gasteiger partial charge in [-0.25, -0.2) is 0 Å². The Kier molecular flexibility index (Phi) is 3.19. The molecule has 4 rings (SSSR count). The van der Waals surface area contributed by atoms with Gasteiger partial charge in [0.15, 0.2) is 5.17 Å². The first kappa shape index (κ1) is 13.2. The standard InChI is InChI=1S/C16H16N2OS2/c1-3-13-14(18-8-7-17-16(18)21-13)10-4-5-12(19-2)15-11(10)6-9-20-15/h4-6,9H,3,7-8H2,1-2H3. The maximum Gasteiger partial charge on any atom is 0.168 e. The summed E-state index contributed by atoms with van der Waals surface area (Å²) in [6.45, 7) is 4.13. The molecule has 21 heavy (non-hydrogen) atoms. The van der Waals surface area contributed by atoms with Crippen molar-refractivity contribution in [3.63, 3.8) is 0 Å². The van der Waals surface area contributed by atoms with Gasteiger partial charge in [-0.15, -0.1) is 11.3 Å². The molecule has 0 bridgehead atoms. The van der Waals surface area contributed by atoms with Gasteiger partial charge in [0.2, 0.25) is 0 Å². The molecule has 2 aliphatic rings. The van der Waals surface area contributed by atoms with Crippen LogP contribution in [0.2, 0.25) is 0 Å². The number of hydrogen-bond acceptors (Lipinski definition) is 5. The Bertz CT molecular complexity index is 776. The van der Waals surface area contributed by atoms with Crippen molar-refractivity contribution in [2.24, 2.45) is 4.99 Å². The number of rotatable bonds is 3. The zero-order valence-electron chi connectivity index (χ0n) is 12.0. The fourth-order valence-corrected chi connectivity index (χ4v) is 5.01. The molecule has 0 amide bonds. The van der Waals surface area contributed by atoms with Crippen molar-refractivity contribution < 1.29 is 4.74 Å². The largest absolute Gasteiger partial charge is 0.495 e. The fraction of sp³-hybridized carbons (Fsp3) is 0.312. The first-order chi connectivity index (χ1) is 10.3. The Morgan fingerprint density at radius 1 is 1.33 bits per heavy atom. The van der Waals surface area contributed by atoms with Gasteiger partial charge >= 0.3 is 0 Å². The summed E-state index contributed by atoms with van der Waals surface area (Å²) in [5, 5.41) is 4.60. The normalized spacial score (nSPS) is 17.6. The van der Waals surface area contributed by atoms with Crippen molar-refractivity contribution >= 4 is 44.0 Å². The number of thioether (sulfide) groups is 1. The number of amidine groups is 1. The van der Waals surface area contributed by atoms with Crippen molar-refractivity contribution in [3.05, 3.63) is 34.0 Å². The Morgan fingerprint density at radius 2 is 2.24 bits per heavy atom. The minimum Gasteiger partial charge on any atom is -0.495 e. The molecule has 2 aromatic rings. The summed E-state index contributed by atoms with van der Waals surface area (Å²) >= 11 is 3.58. The van der Waals surface area contributed by atoms with Gasteiger partial charge in [0, 0.05) is 22.4 Å². The van der Waals surface area contributed by atoms with E-state index in [1.54, 1.807) is 18.4 Å². The minimum atomic E-state index is 0.908. The van der Waals surface area contributed by atoms with Crippen LogP contribution in [0.25, 0.3) is 15.8 Å². The molecule has 3 nitrogen and oxygen atoms in total. The van der Waals surface area contributed by atoms with Crippen molar-refractivity contribution in [1.82, 2.24) is 4.90 Å². The number of benzene rings is 1. The van der Waals surface area contributed by atoms with Crippen LogP contribution in [0.3, 0.4) is 0 Å². The molecule has 108 valence electrons. The number of allylic oxidation sites excluding steroid dienone is 1. The second-order valence-electron chi connectivity index (χ2n) is 5.02. The predicted octanol–water partition coefficient (Wildman–Crippen LogP) is 4.41. The number of fused-ring (bicyclic) bond motifs is 2. The van der Waals surface area contributed by atoms with Crippen LogP contribution in [0, 0.1) is 0 Å². The minimum absolute atomic E-state index is 0.908. The predicted molar refractivity (Wildman–Crippen MR) is 92.2 cm³/mol. The maximum atomic E-state index is 5.50. The number of nitrogens with zero attached hydrogens (tertiary/aromatic N) is 2. The zero-order chi connectivity index (χ0) is 14.4. The van der Waals surface area contributed by atoms with Crippen LogP contribution in [0.15, 0.2) is 33.5 Å². The average molecular weight is 316 g/mol. The lowest BCUT2D eigenvalue weighted by Gasteiger charge is -2.18. The molecule has 0 spiro atoms. The van der Waals surface area contributed by atoms with Crippen LogP contribution in [0.1, 0.15) is 18.9 Å². The topological polar surface area (TPSA) is 24.8 Å². The molecular formula is C16H16N2OS2. The van der Waals surface area contributed by atoms with Crippen molar-refractivity contribution in [2.75, 3.05) is 20.2 Å². The zero-order valence-corrected chi connectivity index (χ0v) is 13.7. The first-order valence-corrected chi connectivity index (χ1v) is 8.80. The Labute approximate surface area is 132 Å². The lowest BCUT2D eigenvalue weighted by molar-refractivity contribution is 0.420. The summed E-state index contributed by atoms with van der Waals surface area (Å²) in [5.74, 6) is 0.961. The number of aliphatic imine (C=N–C) groups is 1. The van der Waals surface area contributed by atoms with E-state index in [0.717, 1.165) is 25.3 Å². The summed E-state index contributed by atoms with van der Waals surface area (Å²) in [6, 6.07) is 6.49. The van der Waals surface area contributed by atoms with Crippen LogP contribution in [-0.4, -0.2) is 30.3 Å². The average Bonchev–Trinajstić information content (AvgIpc) is 3.20. The third-order valence-corrected chi connectivity index (χ3v) is 6.12. The van der Waals surface area contributed by atoms with E-state index in [-0.39, 0.29) is 0 Å². The molecule has 0 saturated heterocycles. The highest BCUT2D eigenvalue weighted by Crippen LogP contribution is 2.46. The number of ether oxygens (including phenoxy) is 1. The van der Waals surface area contributed by atoms with Crippen LogP contribution >= 0.6 is 23.1 Å². The van der Waals surface area contributed by atoms with Gasteiger partial charge in [0.05, 0.1) is 24.1 Å².